The molecule has 0 saturated heterocycles. The Morgan fingerprint density at radius 2 is 2.08 bits per heavy atom. The number of aromatic nitrogens is 3. The molecular formula is C8H8ClN3. The summed E-state index contributed by atoms with van der Waals surface area (Å²) in [4.78, 5) is 0. The Hall–Kier alpha value is -1.09. The van der Waals surface area contributed by atoms with Gasteiger partial charge in [-0.3, -0.25) is 4.40 Å². The van der Waals surface area contributed by atoms with Crippen molar-refractivity contribution in [1.29, 1.82) is 0 Å². The lowest BCUT2D eigenvalue weighted by Gasteiger charge is -1.98. The van der Waals surface area contributed by atoms with Crippen molar-refractivity contribution in [1.82, 2.24) is 14.6 Å². The Bertz CT molecular complexity index is 433. The third kappa shape index (κ3) is 0.975. The molecule has 2 aromatic rings. The minimum absolute atomic E-state index is 0.414. The van der Waals surface area contributed by atoms with Crippen molar-refractivity contribution < 1.29 is 0 Å². The van der Waals surface area contributed by atoms with E-state index in [0.717, 1.165) is 16.8 Å². The van der Waals surface area contributed by atoms with Crippen LogP contribution >= 0.6 is 11.6 Å². The fourth-order valence-corrected chi connectivity index (χ4v) is 1.47. The van der Waals surface area contributed by atoms with Gasteiger partial charge in [0.25, 0.3) is 0 Å². The first kappa shape index (κ1) is 7.55. The molecule has 0 saturated carbocycles. The number of pyridine rings is 1. The van der Waals surface area contributed by atoms with Gasteiger partial charge in [-0.05, 0) is 36.6 Å². The fourth-order valence-electron chi connectivity index (χ4n) is 1.30. The lowest BCUT2D eigenvalue weighted by molar-refractivity contribution is 1.10. The lowest BCUT2D eigenvalue weighted by Crippen LogP contribution is -1.89. The molecule has 0 aliphatic heterocycles. The highest BCUT2D eigenvalue weighted by Crippen LogP contribution is 2.14. The summed E-state index contributed by atoms with van der Waals surface area (Å²) in [5.74, 6) is 0. The zero-order chi connectivity index (χ0) is 8.72. The molecule has 0 atom stereocenters. The second kappa shape index (κ2) is 2.45. The maximum Gasteiger partial charge on any atom is 0.229 e. The minimum Gasteiger partial charge on any atom is -0.273 e. The smallest absolute Gasteiger partial charge is 0.229 e. The molecule has 0 bridgehead atoms. The molecule has 0 fully saturated rings. The van der Waals surface area contributed by atoms with Crippen molar-refractivity contribution in [2.45, 2.75) is 13.8 Å². The summed E-state index contributed by atoms with van der Waals surface area (Å²) < 4.78 is 1.78. The standard InChI is InChI=1S/C8H8ClN3/c1-5-3-6(2)7-10-11-8(9)12(7)4-5/h3-4H,1-2H3. The summed E-state index contributed by atoms with van der Waals surface area (Å²) in [6.07, 6.45) is 1.92. The van der Waals surface area contributed by atoms with Crippen LogP contribution in [0, 0.1) is 13.8 Å². The molecule has 0 aliphatic rings. The maximum atomic E-state index is 5.81. The van der Waals surface area contributed by atoms with Crippen LogP contribution in [0.3, 0.4) is 0 Å². The van der Waals surface area contributed by atoms with Crippen molar-refractivity contribution in [3.05, 3.63) is 28.7 Å². The molecule has 0 aliphatic carbocycles. The molecule has 2 aromatic heterocycles. The van der Waals surface area contributed by atoms with Crippen LogP contribution in [0.4, 0.5) is 0 Å². The minimum atomic E-state index is 0.414. The Balaban J connectivity index is 2.92. The maximum absolute atomic E-state index is 5.81. The van der Waals surface area contributed by atoms with Gasteiger partial charge < -0.3 is 0 Å². The fraction of sp³-hybridized carbons (Fsp3) is 0.250. The molecular weight excluding hydrogens is 174 g/mol. The van der Waals surface area contributed by atoms with E-state index in [9.17, 15) is 0 Å². The average Bonchev–Trinajstić information content (AvgIpc) is 2.33. The normalized spacial score (nSPS) is 10.9. The van der Waals surface area contributed by atoms with Gasteiger partial charge >= 0.3 is 0 Å². The molecule has 12 heavy (non-hydrogen) atoms. The summed E-state index contributed by atoms with van der Waals surface area (Å²) in [5, 5.41) is 8.13. The molecule has 62 valence electrons. The van der Waals surface area contributed by atoms with E-state index in [4.69, 9.17) is 11.6 Å². The first-order valence-corrected chi connectivity index (χ1v) is 4.04. The van der Waals surface area contributed by atoms with Gasteiger partial charge in [-0.25, -0.2) is 0 Å². The quantitative estimate of drug-likeness (QED) is 0.622. The van der Waals surface area contributed by atoms with E-state index in [1.165, 1.54) is 0 Å². The third-order valence-corrected chi connectivity index (χ3v) is 2.04. The SMILES string of the molecule is Cc1cc(C)c2nnc(Cl)n2c1. The Kier molecular flexibility index (Phi) is 1.54. The Labute approximate surface area is 75.0 Å². The highest BCUT2D eigenvalue weighted by molar-refractivity contribution is 6.28. The first-order valence-electron chi connectivity index (χ1n) is 3.66. The van der Waals surface area contributed by atoms with Crippen molar-refractivity contribution in [2.24, 2.45) is 0 Å². The van der Waals surface area contributed by atoms with Crippen LogP contribution in [-0.2, 0) is 0 Å². The summed E-state index contributed by atoms with van der Waals surface area (Å²) in [5.41, 5.74) is 3.07. The molecule has 0 radical (unpaired) electrons. The first-order chi connectivity index (χ1) is 5.68. The van der Waals surface area contributed by atoms with Gasteiger partial charge in [0.05, 0.1) is 0 Å². The van der Waals surface area contributed by atoms with E-state index in [1.54, 1.807) is 4.40 Å². The highest BCUT2D eigenvalue weighted by Gasteiger charge is 2.04. The molecule has 3 nitrogen and oxygen atoms in total. The number of fused-ring (bicyclic) bond motifs is 1. The average molecular weight is 182 g/mol. The summed E-state index contributed by atoms with van der Waals surface area (Å²) in [6.45, 7) is 4.01. The van der Waals surface area contributed by atoms with E-state index in [2.05, 4.69) is 16.3 Å². The number of hydrogen-bond donors (Lipinski definition) is 0. The van der Waals surface area contributed by atoms with E-state index >= 15 is 0 Å². The van der Waals surface area contributed by atoms with Crippen molar-refractivity contribution in [3.63, 3.8) is 0 Å². The van der Waals surface area contributed by atoms with Crippen LogP contribution in [0.15, 0.2) is 12.3 Å². The van der Waals surface area contributed by atoms with Crippen molar-refractivity contribution in [3.8, 4) is 0 Å². The van der Waals surface area contributed by atoms with E-state index in [1.807, 2.05) is 20.0 Å². The number of halogens is 1. The monoisotopic (exact) mass is 181 g/mol. The van der Waals surface area contributed by atoms with Crippen LogP contribution in [0.1, 0.15) is 11.1 Å². The Morgan fingerprint density at radius 3 is 2.83 bits per heavy atom. The summed E-state index contributed by atoms with van der Waals surface area (Å²) in [6, 6.07) is 2.06. The number of aryl methyl sites for hydroxylation is 2. The van der Waals surface area contributed by atoms with Crippen LogP contribution < -0.4 is 0 Å². The second-order valence-corrected chi connectivity index (χ2v) is 3.20. The van der Waals surface area contributed by atoms with E-state index < -0.39 is 0 Å². The number of hydrogen-bond acceptors (Lipinski definition) is 2. The zero-order valence-corrected chi connectivity index (χ0v) is 7.63. The van der Waals surface area contributed by atoms with Crippen LogP contribution in [-0.4, -0.2) is 14.6 Å². The molecule has 0 N–H and O–H groups in total. The van der Waals surface area contributed by atoms with Gasteiger partial charge in [0.2, 0.25) is 5.28 Å². The summed E-state index contributed by atoms with van der Waals surface area (Å²) >= 11 is 5.81. The van der Waals surface area contributed by atoms with Crippen LogP contribution in [0.2, 0.25) is 5.28 Å². The van der Waals surface area contributed by atoms with E-state index in [-0.39, 0.29) is 0 Å². The highest BCUT2D eigenvalue weighted by atomic mass is 35.5. The van der Waals surface area contributed by atoms with Gasteiger partial charge in [-0.2, -0.15) is 0 Å². The van der Waals surface area contributed by atoms with Crippen molar-refractivity contribution >= 4 is 17.2 Å². The van der Waals surface area contributed by atoms with E-state index in [0.29, 0.717) is 5.28 Å². The number of nitrogens with zero attached hydrogens (tertiary/aromatic N) is 3. The predicted octanol–water partition coefficient (Wildman–Crippen LogP) is 2.00. The zero-order valence-electron chi connectivity index (χ0n) is 6.87. The molecule has 2 heterocycles. The van der Waals surface area contributed by atoms with Crippen LogP contribution in [0.5, 0.6) is 0 Å². The predicted molar refractivity (Wildman–Crippen MR) is 47.5 cm³/mol. The van der Waals surface area contributed by atoms with Gasteiger partial charge in [0, 0.05) is 6.20 Å². The largest absolute Gasteiger partial charge is 0.273 e. The van der Waals surface area contributed by atoms with Crippen LogP contribution in [0.25, 0.3) is 5.65 Å². The van der Waals surface area contributed by atoms with Gasteiger partial charge in [-0.1, -0.05) is 6.07 Å². The van der Waals surface area contributed by atoms with Gasteiger partial charge in [-0.15, -0.1) is 10.2 Å². The van der Waals surface area contributed by atoms with Gasteiger partial charge in [0.15, 0.2) is 5.65 Å². The molecule has 0 aromatic carbocycles. The Morgan fingerprint density at radius 1 is 1.33 bits per heavy atom. The van der Waals surface area contributed by atoms with Crippen molar-refractivity contribution in [2.75, 3.05) is 0 Å². The van der Waals surface area contributed by atoms with Gasteiger partial charge in [0.1, 0.15) is 0 Å². The lowest BCUT2D eigenvalue weighted by atomic mass is 10.2. The molecule has 4 heteroatoms. The molecule has 2 rings (SSSR count). The third-order valence-electron chi connectivity index (χ3n) is 1.78. The second-order valence-electron chi connectivity index (χ2n) is 2.86. The topological polar surface area (TPSA) is 30.2 Å². The molecule has 0 amide bonds. The number of rotatable bonds is 0. The molecule has 0 spiro atoms. The molecule has 0 unspecified atom stereocenters. The summed E-state index contributed by atoms with van der Waals surface area (Å²) in [7, 11) is 0.